The number of rotatable bonds is 4. The number of hydrogen-bond acceptors (Lipinski definition) is 3. The van der Waals surface area contributed by atoms with Gasteiger partial charge in [-0.2, -0.15) is 0 Å². The lowest BCUT2D eigenvalue weighted by atomic mass is 10.2. The largest absolute Gasteiger partial charge is 0.268 e. The second kappa shape index (κ2) is 8.58. The lowest BCUT2D eigenvalue weighted by Gasteiger charge is -2.14. The lowest BCUT2D eigenvalue weighted by Crippen LogP contribution is -2.21. The van der Waals surface area contributed by atoms with Crippen LogP contribution in [0.3, 0.4) is 0 Å². The summed E-state index contributed by atoms with van der Waals surface area (Å²) in [7, 11) is 0. The zero-order valence-corrected chi connectivity index (χ0v) is 18.5. The molecule has 3 nitrogen and oxygen atoms in total. The van der Waals surface area contributed by atoms with Gasteiger partial charge in [0.2, 0.25) is 0 Å². The Hall–Kier alpha value is -1.69. The van der Waals surface area contributed by atoms with E-state index >= 15 is 0 Å². The molecule has 0 fully saturated rings. The summed E-state index contributed by atoms with van der Waals surface area (Å²) >= 11 is 25.7. The zero-order chi connectivity index (χ0) is 20.5. The molecular formula is C21H12Cl4N2OS. The van der Waals surface area contributed by atoms with Crippen molar-refractivity contribution in [3.8, 4) is 5.69 Å². The molecule has 0 amide bonds. The molecule has 0 saturated heterocycles. The second-order valence-corrected chi connectivity index (χ2v) is 8.84. The van der Waals surface area contributed by atoms with E-state index in [-0.39, 0.29) is 5.56 Å². The molecule has 3 aromatic carbocycles. The molecule has 0 atom stereocenters. The normalized spacial score (nSPS) is 11.2. The van der Waals surface area contributed by atoms with Gasteiger partial charge < -0.3 is 0 Å². The Bertz CT molecular complexity index is 1270. The fourth-order valence-corrected chi connectivity index (χ4v) is 4.37. The van der Waals surface area contributed by atoms with Crippen LogP contribution in [-0.4, -0.2) is 9.55 Å². The first-order chi connectivity index (χ1) is 13.9. The maximum Gasteiger partial charge on any atom is 0.266 e. The first-order valence-corrected chi connectivity index (χ1v) is 11.0. The van der Waals surface area contributed by atoms with Crippen molar-refractivity contribution in [2.24, 2.45) is 0 Å². The number of nitrogens with zero attached hydrogens (tertiary/aromatic N) is 2. The Kier molecular flexibility index (Phi) is 6.09. The van der Waals surface area contributed by atoms with Crippen LogP contribution in [-0.2, 0) is 5.75 Å². The van der Waals surface area contributed by atoms with Crippen LogP contribution in [0, 0.1) is 0 Å². The Morgan fingerprint density at radius 2 is 1.55 bits per heavy atom. The van der Waals surface area contributed by atoms with Crippen LogP contribution in [0.15, 0.2) is 70.6 Å². The molecule has 29 heavy (non-hydrogen) atoms. The van der Waals surface area contributed by atoms with E-state index in [0.717, 1.165) is 5.56 Å². The van der Waals surface area contributed by atoms with Crippen LogP contribution in [0.2, 0.25) is 20.1 Å². The maximum absolute atomic E-state index is 13.3. The number of aromatic nitrogens is 2. The van der Waals surface area contributed by atoms with E-state index < -0.39 is 0 Å². The van der Waals surface area contributed by atoms with Gasteiger partial charge in [0.25, 0.3) is 5.56 Å². The van der Waals surface area contributed by atoms with E-state index in [1.165, 1.54) is 11.8 Å². The van der Waals surface area contributed by atoms with Crippen LogP contribution in [0.25, 0.3) is 16.6 Å². The van der Waals surface area contributed by atoms with Crippen molar-refractivity contribution in [2.75, 3.05) is 0 Å². The van der Waals surface area contributed by atoms with Crippen molar-refractivity contribution in [3.05, 3.63) is 96.7 Å². The zero-order valence-electron chi connectivity index (χ0n) is 14.7. The van der Waals surface area contributed by atoms with E-state index in [9.17, 15) is 4.79 Å². The first-order valence-electron chi connectivity index (χ1n) is 8.47. The van der Waals surface area contributed by atoms with Crippen molar-refractivity contribution in [1.29, 1.82) is 0 Å². The van der Waals surface area contributed by atoms with Crippen molar-refractivity contribution < 1.29 is 0 Å². The highest BCUT2D eigenvalue weighted by atomic mass is 35.5. The predicted octanol–water partition coefficient (Wildman–Crippen LogP) is 7.29. The average Bonchev–Trinajstić information content (AvgIpc) is 2.70. The Labute approximate surface area is 191 Å². The summed E-state index contributed by atoms with van der Waals surface area (Å²) < 4.78 is 1.54. The minimum Gasteiger partial charge on any atom is -0.268 e. The lowest BCUT2D eigenvalue weighted by molar-refractivity contribution is 0.819. The molecule has 4 rings (SSSR count). The maximum atomic E-state index is 13.3. The second-order valence-electron chi connectivity index (χ2n) is 6.21. The Morgan fingerprint density at radius 1 is 0.828 bits per heavy atom. The molecule has 0 saturated carbocycles. The van der Waals surface area contributed by atoms with Gasteiger partial charge in [-0.3, -0.25) is 9.36 Å². The summed E-state index contributed by atoms with van der Waals surface area (Å²) in [6, 6.07) is 17.6. The number of benzene rings is 3. The van der Waals surface area contributed by atoms with E-state index in [1.54, 1.807) is 41.0 Å². The number of fused-ring (bicyclic) bond motifs is 1. The summed E-state index contributed by atoms with van der Waals surface area (Å²) in [6.07, 6.45) is 0. The van der Waals surface area contributed by atoms with Crippen molar-refractivity contribution in [3.63, 3.8) is 0 Å². The van der Waals surface area contributed by atoms with Gasteiger partial charge in [0.05, 0.1) is 26.6 Å². The van der Waals surface area contributed by atoms with Crippen molar-refractivity contribution in [1.82, 2.24) is 9.55 Å². The summed E-state index contributed by atoms with van der Waals surface area (Å²) in [6.45, 7) is 0. The molecule has 4 aromatic rings. The van der Waals surface area contributed by atoms with Gasteiger partial charge in [-0.15, -0.1) is 0 Å². The molecule has 1 aromatic heterocycles. The summed E-state index contributed by atoms with van der Waals surface area (Å²) in [5.41, 5.74) is 1.98. The molecule has 8 heteroatoms. The van der Waals surface area contributed by atoms with E-state index in [0.29, 0.717) is 47.6 Å². The molecule has 0 bridgehead atoms. The summed E-state index contributed by atoms with van der Waals surface area (Å²) in [4.78, 5) is 18.0. The molecular weight excluding hydrogens is 470 g/mol. The van der Waals surface area contributed by atoms with Crippen LogP contribution in [0.5, 0.6) is 0 Å². The Balaban J connectivity index is 1.86. The minimum atomic E-state index is -0.205. The standard InChI is InChI=1S/C21H12Cl4N2OS/c22-13-3-1-12(2-4-13)11-29-21-26-19-9-14(23)5-7-16(19)20(28)27(21)15-6-8-17(24)18(25)10-15/h1-10H,11H2. The molecule has 1 heterocycles. The fraction of sp³-hybridized carbons (Fsp3) is 0.0476. The van der Waals surface area contributed by atoms with Crippen molar-refractivity contribution >= 4 is 69.1 Å². The van der Waals surface area contributed by atoms with Crippen LogP contribution in [0.4, 0.5) is 0 Å². The van der Waals surface area contributed by atoms with Gasteiger partial charge in [0.1, 0.15) is 0 Å². The van der Waals surface area contributed by atoms with Crippen LogP contribution >= 0.6 is 58.2 Å². The van der Waals surface area contributed by atoms with Crippen LogP contribution in [0.1, 0.15) is 5.56 Å². The Morgan fingerprint density at radius 3 is 2.28 bits per heavy atom. The highest BCUT2D eigenvalue weighted by molar-refractivity contribution is 7.98. The quantitative estimate of drug-likeness (QED) is 0.226. The van der Waals surface area contributed by atoms with Gasteiger partial charge in [0, 0.05) is 15.8 Å². The minimum absolute atomic E-state index is 0.205. The number of hydrogen-bond donors (Lipinski definition) is 0. The molecule has 0 N–H and O–H groups in total. The highest BCUT2D eigenvalue weighted by Crippen LogP contribution is 2.29. The molecule has 0 spiro atoms. The van der Waals surface area contributed by atoms with Crippen molar-refractivity contribution in [2.45, 2.75) is 10.9 Å². The average molecular weight is 482 g/mol. The van der Waals surface area contributed by atoms with Crippen LogP contribution < -0.4 is 5.56 Å². The van der Waals surface area contributed by atoms with Gasteiger partial charge in [-0.25, -0.2) is 4.98 Å². The molecule has 0 aliphatic carbocycles. The molecule has 0 aliphatic rings. The van der Waals surface area contributed by atoms with Gasteiger partial charge in [-0.05, 0) is 54.1 Å². The van der Waals surface area contributed by atoms with Gasteiger partial charge in [0.15, 0.2) is 5.16 Å². The van der Waals surface area contributed by atoms with Gasteiger partial charge >= 0.3 is 0 Å². The van der Waals surface area contributed by atoms with E-state index in [1.807, 2.05) is 24.3 Å². The third-order valence-corrected chi connectivity index (χ3v) is 6.48. The van der Waals surface area contributed by atoms with E-state index in [2.05, 4.69) is 0 Å². The van der Waals surface area contributed by atoms with E-state index in [4.69, 9.17) is 51.4 Å². The number of thioether (sulfide) groups is 1. The SMILES string of the molecule is O=c1c2ccc(Cl)cc2nc(SCc2ccc(Cl)cc2)n1-c1ccc(Cl)c(Cl)c1. The summed E-state index contributed by atoms with van der Waals surface area (Å²) in [5, 5.41) is 2.96. The summed E-state index contributed by atoms with van der Waals surface area (Å²) in [5.74, 6) is 0.608. The third-order valence-electron chi connectivity index (χ3n) is 4.24. The monoisotopic (exact) mass is 480 g/mol. The molecule has 0 radical (unpaired) electrons. The highest BCUT2D eigenvalue weighted by Gasteiger charge is 2.15. The topological polar surface area (TPSA) is 34.9 Å². The molecule has 146 valence electrons. The fourth-order valence-electron chi connectivity index (χ4n) is 2.82. The first kappa shape index (κ1) is 20.6. The molecule has 0 unspecified atom stereocenters. The third kappa shape index (κ3) is 4.42. The van der Waals surface area contributed by atoms with Gasteiger partial charge in [-0.1, -0.05) is 70.3 Å². The smallest absolute Gasteiger partial charge is 0.266 e. The number of halogens is 4. The predicted molar refractivity (Wildman–Crippen MR) is 123 cm³/mol. The molecule has 0 aliphatic heterocycles.